The Morgan fingerprint density at radius 2 is 1.86 bits per heavy atom. The summed E-state index contributed by atoms with van der Waals surface area (Å²) in [6, 6.07) is 12.0. The topological polar surface area (TPSA) is 114 Å². The van der Waals surface area contributed by atoms with Crippen molar-refractivity contribution in [1.29, 1.82) is 0 Å². The Hall–Kier alpha value is -3.79. The maximum absolute atomic E-state index is 12.6. The van der Waals surface area contributed by atoms with Crippen molar-refractivity contribution >= 4 is 17.7 Å². The van der Waals surface area contributed by atoms with Crippen molar-refractivity contribution in [3.05, 3.63) is 69.8 Å². The fourth-order valence-corrected chi connectivity index (χ4v) is 4.43. The highest BCUT2D eigenvalue weighted by molar-refractivity contribution is 7.98. The molecule has 0 bridgehead atoms. The summed E-state index contributed by atoms with van der Waals surface area (Å²) in [5.74, 6) is 0.621. The number of esters is 1. The van der Waals surface area contributed by atoms with E-state index >= 15 is 0 Å². The van der Waals surface area contributed by atoms with Crippen LogP contribution in [-0.2, 0) is 15.3 Å². The minimum Gasteiger partial charge on any atom is -0.502 e. The fraction of sp³-hybridized carbons (Fsp3) is 0.280. The van der Waals surface area contributed by atoms with Gasteiger partial charge < -0.3 is 33.2 Å². The van der Waals surface area contributed by atoms with Gasteiger partial charge in [-0.15, -0.1) is 11.8 Å². The molecule has 0 radical (unpaired) electrons. The van der Waals surface area contributed by atoms with Gasteiger partial charge in [0, 0.05) is 11.0 Å². The summed E-state index contributed by atoms with van der Waals surface area (Å²) in [7, 11) is 4.33. The first-order valence-corrected chi connectivity index (χ1v) is 11.6. The predicted molar refractivity (Wildman–Crippen MR) is 127 cm³/mol. The van der Waals surface area contributed by atoms with Crippen molar-refractivity contribution in [3.63, 3.8) is 0 Å². The van der Waals surface area contributed by atoms with E-state index in [0.29, 0.717) is 34.3 Å². The van der Waals surface area contributed by atoms with Gasteiger partial charge in [-0.2, -0.15) is 0 Å². The van der Waals surface area contributed by atoms with Crippen LogP contribution < -0.4 is 24.4 Å². The number of methoxy groups -OCH3 is 3. The normalized spacial score (nSPS) is 12.8. The lowest BCUT2D eigenvalue weighted by molar-refractivity contribution is -0.140. The van der Waals surface area contributed by atoms with Gasteiger partial charge in [0.15, 0.2) is 17.3 Å². The summed E-state index contributed by atoms with van der Waals surface area (Å²) < 4.78 is 32.4. The lowest BCUT2D eigenvalue weighted by atomic mass is 9.91. The van der Waals surface area contributed by atoms with Crippen LogP contribution in [0.2, 0.25) is 0 Å². The zero-order valence-electron chi connectivity index (χ0n) is 19.4. The number of ether oxygens (including phenoxy) is 5. The van der Waals surface area contributed by atoms with Gasteiger partial charge in [0.05, 0.1) is 39.4 Å². The van der Waals surface area contributed by atoms with E-state index in [1.807, 2.05) is 24.3 Å². The molecule has 1 aliphatic rings. The highest BCUT2D eigenvalue weighted by atomic mass is 32.2. The van der Waals surface area contributed by atoms with Crippen LogP contribution in [0.5, 0.6) is 28.7 Å². The standard InChI is InChI=1S/C25H24O9S/c1-29-15-4-6-17(7-5-15)35-12-16-10-19(26)23(28)24(34-16)18(11-22(27)31-3)14-8-20(30-2)25-21(9-14)32-13-33-25/h4-10,18,28H,11-13H2,1-3H3/t18-/m1/s1. The molecule has 2 heterocycles. The lowest BCUT2D eigenvalue weighted by Gasteiger charge is -2.19. The minimum atomic E-state index is -0.843. The molecule has 1 atom stereocenters. The molecule has 0 unspecified atom stereocenters. The number of aromatic hydroxyl groups is 1. The SMILES string of the molecule is COC(=O)C[C@H](c1cc(OC)c2c(c1)OCO2)c1oc(CSc2ccc(OC)cc2)cc(=O)c1O. The van der Waals surface area contributed by atoms with E-state index in [4.69, 9.17) is 28.1 Å². The summed E-state index contributed by atoms with van der Waals surface area (Å²) >= 11 is 1.45. The summed E-state index contributed by atoms with van der Waals surface area (Å²) in [4.78, 5) is 25.9. The van der Waals surface area contributed by atoms with E-state index in [2.05, 4.69) is 0 Å². The molecule has 35 heavy (non-hydrogen) atoms. The number of benzene rings is 2. The molecule has 4 rings (SSSR count). The Morgan fingerprint density at radius 3 is 2.54 bits per heavy atom. The summed E-state index contributed by atoms with van der Waals surface area (Å²) in [5, 5.41) is 10.6. The van der Waals surface area contributed by atoms with Crippen molar-refractivity contribution in [2.45, 2.75) is 23.0 Å². The number of thioether (sulfide) groups is 1. The summed E-state index contributed by atoms with van der Waals surface area (Å²) in [6.07, 6.45) is -0.190. The van der Waals surface area contributed by atoms with E-state index in [1.165, 1.54) is 32.0 Å². The van der Waals surface area contributed by atoms with Gasteiger partial charge in [-0.25, -0.2) is 0 Å². The van der Waals surface area contributed by atoms with E-state index in [0.717, 1.165) is 10.6 Å². The van der Waals surface area contributed by atoms with E-state index in [9.17, 15) is 14.7 Å². The monoisotopic (exact) mass is 500 g/mol. The van der Waals surface area contributed by atoms with Crippen LogP contribution in [0.3, 0.4) is 0 Å². The van der Waals surface area contributed by atoms with Crippen molar-refractivity contribution in [1.82, 2.24) is 0 Å². The van der Waals surface area contributed by atoms with Gasteiger partial charge in [0.2, 0.25) is 23.7 Å². The molecule has 0 aliphatic carbocycles. The van der Waals surface area contributed by atoms with Gasteiger partial charge in [0.25, 0.3) is 0 Å². The number of carbonyl (C=O) groups is 1. The van der Waals surface area contributed by atoms with Crippen molar-refractivity contribution in [3.8, 4) is 28.7 Å². The first-order valence-electron chi connectivity index (χ1n) is 10.6. The summed E-state index contributed by atoms with van der Waals surface area (Å²) in [6.45, 7) is 0.0230. The molecule has 9 nitrogen and oxygen atoms in total. The largest absolute Gasteiger partial charge is 0.502 e. The molecule has 184 valence electrons. The van der Waals surface area contributed by atoms with Gasteiger partial charge in [0.1, 0.15) is 11.5 Å². The van der Waals surface area contributed by atoms with Crippen LogP contribution in [-0.4, -0.2) is 39.2 Å². The number of hydrogen-bond acceptors (Lipinski definition) is 10. The van der Waals surface area contributed by atoms with Gasteiger partial charge in [-0.3, -0.25) is 9.59 Å². The third kappa shape index (κ3) is 5.32. The third-order valence-electron chi connectivity index (χ3n) is 5.44. The van der Waals surface area contributed by atoms with Gasteiger partial charge >= 0.3 is 5.97 Å². The van der Waals surface area contributed by atoms with E-state index in [-0.39, 0.29) is 19.0 Å². The zero-order chi connectivity index (χ0) is 24.9. The minimum absolute atomic E-state index is 0.0230. The molecule has 0 saturated carbocycles. The number of hydrogen-bond donors (Lipinski definition) is 1. The third-order valence-corrected chi connectivity index (χ3v) is 6.47. The highest BCUT2D eigenvalue weighted by Gasteiger charge is 2.30. The van der Waals surface area contributed by atoms with Crippen LogP contribution in [0, 0.1) is 0 Å². The van der Waals surface area contributed by atoms with Crippen molar-refractivity contribution in [2.75, 3.05) is 28.1 Å². The average molecular weight is 501 g/mol. The van der Waals surface area contributed by atoms with E-state index < -0.39 is 23.1 Å². The Kier molecular flexibility index (Phi) is 7.40. The maximum Gasteiger partial charge on any atom is 0.306 e. The predicted octanol–water partition coefficient (Wildman–Crippen LogP) is 4.08. The van der Waals surface area contributed by atoms with Crippen LogP contribution >= 0.6 is 11.8 Å². The average Bonchev–Trinajstić information content (AvgIpc) is 3.36. The molecule has 0 spiro atoms. The molecule has 3 aromatic rings. The second-order valence-electron chi connectivity index (χ2n) is 7.54. The zero-order valence-corrected chi connectivity index (χ0v) is 20.2. The quantitative estimate of drug-likeness (QED) is 0.341. The first kappa shape index (κ1) is 24.3. The number of fused-ring (bicyclic) bond motifs is 1. The smallest absolute Gasteiger partial charge is 0.306 e. The Balaban J connectivity index is 1.71. The molecule has 0 saturated heterocycles. The Bertz CT molecular complexity index is 1270. The van der Waals surface area contributed by atoms with Crippen LogP contribution in [0.1, 0.15) is 29.4 Å². The van der Waals surface area contributed by atoms with Crippen LogP contribution in [0.4, 0.5) is 0 Å². The molecule has 1 aromatic heterocycles. The molecule has 2 aromatic carbocycles. The maximum atomic E-state index is 12.6. The fourth-order valence-electron chi connectivity index (χ4n) is 3.65. The van der Waals surface area contributed by atoms with Crippen molar-refractivity contribution in [2.24, 2.45) is 0 Å². The Morgan fingerprint density at radius 1 is 1.09 bits per heavy atom. The molecule has 10 heteroatoms. The molecule has 0 amide bonds. The van der Waals surface area contributed by atoms with E-state index in [1.54, 1.807) is 19.2 Å². The second-order valence-corrected chi connectivity index (χ2v) is 8.59. The van der Waals surface area contributed by atoms with Gasteiger partial charge in [-0.05, 0) is 42.0 Å². The lowest BCUT2D eigenvalue weighted by Crippen LogP contribution is -2.14. The first-order chi connectivity index (χ1) is 16.9. The van der Waals surface area contributed by atoms with Gasteiger partial charge in [-0.1, -0.05) is 0 Å². The molecule has 1 N–H and O–H groups in total. The molecule has 0 fully saturated rings. The second kappa shape index (κ2) is 10.6. The van der Waals surface area contributed by atoms with Crippen LogP contribution in [0.15, 0.2) is 56.6 Å². The molecular weight excluding hydrogens is 476 g/mol. The van der Waals surface area contributed by atoms with Crippen LogP contribution in [0.25, 0.3) is 0 Å². The summed E-state index contributed by atoms with van der Waals surface area (Å²) in [5.41, 5.74) is -0.0888. The molecular formula is C25H24O9S. The number of rotatable bonds is 9. The highest BCUT2D eigenvalue weighted by Crippen LogP contribution is 2.45. The van der Waals surface area contributed by atoms with Crippen molar-refractivity contribution < 1.29 is 38.0 Å². The number of carbonyl (C=O) groups excluding carboxylic acids is 1. The molecule has 1 aliphatic heterocycles. The Labute approximate surface area is 205 Å².